The number of hydrogen-bond donors (Lipinski definition) is 0. The van der Waals surface area contributed by atoms with Gasteiger partial charge in [-0.3, -0.25) is 4.89 Å². The summed E-state index contributed by atoms with van der Waals surface area (Å²) in [5, 5.41) is 0. The smallest absolute Gasteiger partial charge is 0.294 e. The molecule has 0 saturated carbocycles. The van der Waals surface area contributed by atoms with Crippen molar-refractivity contribution in [2.45, 2.75) is 33.1 Å². The fourth-order valence-corrected chi connectivity index (χ4v) is 0.747. The van der Waals surface area contributed by atoms with Crippen molar-refractivity contribution in [3.63, 3.8) is 0 Å². The van der Waals surface area contributed by atoms with Crippen LogP contribution in [0.25, 0.3) is 0 Å². The molecule has 0 aromatic carbocycles. The molecule has 70 valence electrons. The Morgan fingerprint density at radius 2 is 2.17 bits per heavy atom. The molecule has 0 aliphatic carbocycles. The van der Waals surface area contributed by atoms with Gasteiger partial charge in [0.15, 0.2) is 0 Å². The maximum absolute atomic E-state index is 10.9. The van der Waals surface area contributed by atoms with Crippen LogP contribution in [0.3, 0.4) is 0 Å². The molecule has 12 heavy (non-hydrogen) atoms. The van der Waals surface area contributed by atoms with Crippen molar-refractivity contribution in [1.29, 1.82) is 0 Å². The van der Waals surface area contributed by atoms with Crippen molar-refractivity contribution in [3.8, 4) is 0 Å². The van der Waals surface area contributed by atoms with Crippen molar-refractivity contribution in [3.05, 3.63) is 11.6 Å². The van der Waals surface area contributed by atoms with Crippen LogP contribution in [0.4, 0.5) is 0 Å². The van der Waals surface area contributed by atoms with Crippen molar-refractivity contribution >= 4 is 5.97 Å². The molecule has 0 atom stereocenters. The number of rotatable bonds is 5. The molecule has 3 heteroatoms. The molecule has 0 unspecified atom stereocenters. The molecule has 0 aromatic heterocycles. The quantitative estimate of drug-likeness (QED) is 0.276. The van der Waals surface area contributed by atoms with E-state index in [0.29, 0.717) is 5.57 Å². The lowest BCUT2D eigenvalue weighted by Crippen LogP contribution is -2.04. The maximum atomic E-state index is 10.9. The second-order valence-electron chi connectivity index (χ2n) is 2.57. The van der Waals surface area contributed by atoms with E-state index >= 15 is 0 Å². The second kappa shape index (κ2) is 6.85. The Morgan fingerprint density at radius 1 is 1.50 bits per heavy atom. The fraction of sp³-hybridized carbons (Fsp3) is 0.667. The summed E-state index contributed by atoms with van der Waals surface area (Å²) in [6.45, 7) is 3.83. The first-order valence-corrected chi connectivity index (χ1v) is 4.14. The fourth-order valence-electron chi connectivity index (χ4n) is 0.747. The zero-order valence-electron chi connectivity index (χ0n) is 7.92. The average Bonchev–Trinajstić information content (AvgIpc) is 2.05. The van der Waals surface area contributed by atoms with Gasteiger partial charge in [-0.25, -0.2) is 4.79 Å². The molecule has 0 spiro atoms. The molecule has 0 fully saturated rings. The van der Waals surface area contributed by atoms with Gasteiger partial charge in [-0.1, -0.05) is 25.8 Å². The molecule has 0 radical (unpaired) electrons. The lowest BCUT2D eigenvalue weighted by atomic mass is 10.2. The maximum Gasteiger partial charge on any atom is 0.368 e. The van der Waals surface area contributed by atoms with Crippen LogP contribution in [0.5, 0.6) is 0 Å². The van der Waals surface area contributed by atoms with Crippen molar-refractivity contribution < 1.29 is 14.6 Å². The van der Waals surface area contributed by atoms with Gasteiger partial charge in [0.25, 0.3) is 0 Å². The van der Waals surface area contributed by atoms with Crippen LogP contribution in [-0.2, 0) is 14.6 Å². The Balaban J connectivity index is 3.74. The molecular weight excluding hydrogens is 156 g/mol. The number of carbonyl (C=O) groups is 1. The molecule has 0 saturated heterocycles. The van der Waals surface area contributed by atoms with Gasteiger partial charge in [-0.2, -0.15) is 4.89 Å². The Bertz CT molecular complexity index is 161. The first-order valence-electron chi connectivity index (χ1n) is 4.14. The van der Waals surface area contributed by atoms with E-state index in [9.17, 15) is 4.79 Å². The highest BCUT2D eigenvalue weighted by atomic mass is 17.2. The van der Waals surface area contributed by atoms with E-state index in [0.717, 1.165) is 19.3 Å². The summed E-state index contributed by atoms with van der Waals surface area (Å²) in [4.78, 5) is 19.5. The first-order chi connectivity index (χ1) is 5.72. The summed E-state index contributed by atoms with van der Waals surface area (Å²) >= 11 is 0. The van der Waals surface area contributed by atoms with Crippen molar-refractivity contribution in [2.24, 2.45) is 0 Å². The number of allylic oxidation sites excluding steroid dienone is 1. The average molecular weight is 172 g/mol. The Kier molecular flexibility index (Phi) is 6.38. The summed E-state index contributed by atoms with van der Waals surface area (Å²) in [5.74, 6) is -0.409. The zero-order valence-corrected chi connectivity index (χ0v) is 7.92. The zero-order chi connectivity index (χ0) is 9.40. The van der Waals surface area contributed by atoms with Crippen LogP contribution < -0.4 is 0 Å². The number of unbranched alkanes of at least 4 members (excludes halogenated alkanes) is 2. The largest absolute Gasteiger partial charge is 0.368 e. The van der Waals surface area contributed by atoms with Crippen LogP contribution in [0.15, 0.2) is 11.6 Å². The first kappa shape index (κ1) is 11.2. The predicted octanol–water partition coefficient (Wildman–Crippen LogP) is 2.23. The van der Waals surface area contributed by atoms with E-state index in [1.807, 2.05) is 6.08 Å². The van der Waals surface area contributed by atoms with Crippen LogP contribution in [0, 0.1) is 0 Å². The minimum absolute atomic E-state index is 0.409. The molecule has 0 N–H and O–H groups in total. The third-order valence-electron chi connectivity index (χ3n) is 1.49. The molecule has 0 amide bonds. The molecule has 0 aromatic rings. The lowest BCUT2D eigenvalue weighted by molar-refractivity contribution is -0.250. The molecule has 0 aliphatic heterocycles. The predicted molar refractivity (Wildman–Crippen MR) is 46.4 cm³/mol. The van der Waals surface area contributed by atoms with Crippen molar-refractivity contribution in [1.82, 2.24) is 0 Å². The van der Waals surface area contributed by atoms with E-state index < -0.39 is 5.97 Å². The molecule has 3 nitrogen and oxygen atoms in total. The van der Waals surface area contributed by atoms with E-state index in [-0.39, 0.29) is 0 Å². The van der Waals surface area contributed by atoms with E-state index in [1.54, 1.807) is 6.92 Å². The second-order valence-corrected chi connectivity index (χ2v) is 2.57. The topological polar surface area (TPSA) is 35.5 Å². The molecule has 0 aliphatic rings. The summed E-state index contributed by atoms with van der Waals surface area (Å²) in [7, 11) is 1.32. The minimum atomic E-state index is -0.409. The van der Waals surface area contributed by atoms with Crippen LogP contribution in [0.2, 0.25) is 0 Å². The number of carbonyl (C=O) groups excluding carboxylic acids is 1. The Morgan fingerprint density at radius 3 is 2.67 bits per heavy atom. The van der Waals surface area contributed by atoms with Crippen LogP contribution in [-0.4, -0.2) is 13.1 Å². The minimum Gasteiger partial charge on any atom is -0.294 e. The normalized spacial score (nSPS) is 11.4. The van der Waals surface area contributed by atoms with Gasteiger partial charge in [-0.15, -0.1) is 0 Å². The van der Waals surface area contributed by atoms with Crippen LogP contribution >= 0.6 is 0 Å². The van der Waals surface area contributed by atoms with E-state index in [4.69, 9.17) is 0 Å². The van der Waals surface area contributed by atoms with Gasteiger partial charge in [0.05, 0.1) is 7.11 Å². The molecule has 0 bridgehead atoms. The molecular formula is C9H16O3. The van der Waals surface area contributed by atoms with Gasteiger partial charge < -0.3 is 0 Å². The highest BCUT2D eigenvalue weighted by Crippen LogP contribution is 2.02. The van der Waals surface area contributed by atoms with Gasteiger partial charge >= 0.3 is 5.97 Å². The summed E-state index contributed by atoms with van der Waals surface area (Å²) in [5.41, 5.74) is 0.602. The van der Waals surface area contributed by atoms with Gasteiger partial charge in [-0.05, 0) is 13.3 Å². The monoisotopic (exact) mass is 172 g/mol. The van der Waals surface area contributed by atoms with E-state index in [1.165, 1.54) is 7.11 Å². The van der Waals surface area contributed by atoms with Crippen molar-refractivity contribution in [2.75, 3.05) is 7.11 Å². The van der Waals surface area contributed by atoms with E-state index in [2.05, 4.69) is 16.7 Å². The SMILES string of the molecule is CCCCC=C(C)C(=O)OOC. The Labute approximate surface area is 73.3 Å². The van der Waals surface area contributed by atoms with Gasteiger partial charge in [0, 0.05) is 5.57 Å². The van der Waals surface area contributed by atoms with Crippen LogP contribution in [0.1, 0.15) is 33.1 Å². The molecule has 0 rings (SSSR count). The summed E-state index contributed by atoms with van der Waals surface area (Å²) in [6.07, 6.45) is 5.01. The van der Waals surface area contributed by atoms with Gasteiger partial charge in [0.1, 0.15) is 0 Å². The Hall–Kier alpha value is -0.830. The third kappa shape index (κ3) is 4.91. The standard InChI is InChI=1S/C9H16O3/c1-4-5-6-7-8(2)9(10)12-11-3/h7H,4-6H2,1-3H3. The third-order valence-corrected chi connectivity index (χ3v) is 1.49. The summed E-state index contributed by atoms with van der Waals surface area (Å²) in [6, 6.07) is 0. The summed E-state index contributed by atoms with van der Waals surface area (Å²) < 4.78 is 0. The lowest BCUT2D eigenvalue weighted by Gasteiger charge is -1.98. The highest BCUT2D eigenvalue weighted by molar-refractivity contribution is 5.87. The van der Waals surface area contributed by atoms with Gasteiger partial charge in [0.2, 0.25) is 0 Å². The number of hydrogen-bond acceptors (Lipinski definition) is 3. The highest BCUT2D eigenvalue weighted by Gasteiger charge is 2.04. The molecule has 0 heterocycles.